The van der Waals surface area contributed by atoms with Crippen molar-refractivity contribution in [1.29, 1.82) is 0 Å². The van der Waals surface area contributed by atoms with E-state index < -0.39 is 11.9 Å². The van der Waals surface area contributed by atoms with Gasteiger partial charge in [0.2, 0.25) is 0 Å². The molecule has 0 aliphatic heterocycles. The van der Waals surface area contributed by atoms with Crippen LogP contribution in [0.5, 0.6) is 0 Å². The number of hydrogen-bond donors (Lipinski definition) is 3. The summed E-state index contributed by atoms with van der Waals surface area (Å²) in [4.78, 5) is 12.8. The van der Waals surface area contributed by atoms with Crippen LogP contribution >= 0.6 is 23.4 Å². The summed E-state index contributed by atoms with van der Waals surface area (Å²) in [6.45, 7) is -0.635. The van der Waals surface area contributed by atoms with Crippen LogP contribution in [0.25, 0.3) is 0 Å². The second-order valence-electron chi connectivity index (χ2n) is 3.38. The van der Waals surface area contributed by atoms with Crippen molar-refractivity contribution < 1.29 is 15.0 Å². The molecule has 0 saturated heterocycles. The fraction of sp³-hybridized carbons (Fsp3) is 0.364. The molecule has 0 aromatic heterocycles. The lowest BCUT2D eigenvalue weighted by Gasteiger charge is -2.14. The minimum absolute atomic E-state index is 0.317. The number of carbonyl (C=O) groups excluding carboxylic acids is 1. The average Bonchev–Trinajstić information content (AvgIpc) is 2.36. The van der Waals surface area contributed by atoms with Crippen LogP contribution in [0.3, 0.4) is 0 Å². The first kappa shape index (κ1) is 14.3. The molecule has 3 N–H and O–H groups in total. The van der Waals surface area contributed by atoms with Gasteiger partial charge in [-0.2, -0.15) is 0 Å². The second kappa shape index (κ2) is 6.86. The molecule has 0 saturated carbocycles. The number of aliphatic hydroxyl groups excluding tert-OH is 2. The predicted octanol–water partition coefficient (Wildman–Crippen LogP) is 1.14. The Morgan fingerprint density at radius 2 is 2.12 bits per heavy atom. The number of benzene rings is 1. The zero-order valence-corrected chi connectivity index (χ0v) is 10.9. The smallest absolute Gasteiger partial charge is 0.253 e. The molecule has 0 atom stereocenters. The fourth-order valence-corrected chi connectivity index (χ4v) is 1.86. The van der Waals surface area contributed by atoms with Crippen molar-refractivity contribution in [2.75, 3.05) is 19.5 Å². The Kier molecular flexibility index (Phi) is 5.77. The standard InChI is InChI=1S/C11H14ClNO3S/c1-17-8-2-3-10(12)9(4-8)11(16)13-7(5-14)6-15/h2-4,7,14-15H,5-6H2,1H3,(H,13,16). The Morgan fingerprint density at radius 3 is 2.65 bits per heavy atom. The molecule has 0 aliphatic carbocycles. The molecule has 1 aromatic rings. The van der Waals surface area contributed by atoms with Gasteiger partial charge in [0.15, 0.2) is 0 Å². The highest BCUT2D eigenvalue weighted by Gasteiger charge is 2.15. The maximum atomic E-state index is 11.8. The summed E-state index contributed by atoms with van der Waals surface area (Å²) in [5.74, 6) is -0.404. The van der Waals surface area contributed by atoms with Crippen LogP contribution in [0.15, 0.2) is 23.1 Å². The second-order valence-corrected chi connectivity index (χ2v) is 4.67. The Hall–Kier alpha value is -0.750. The highest BCUT2D eigenvalue weighted by atomic mass is 35.5. The van der Waals surface area contributed by atoms with Crippen molar-refractivity contribution >= 4 is 29.3 Å². The number of nitrogens with one attached hydrogen (secondary N) is 1. The molecule has 0 heterocycles. The molecule has 1 amide bonds. The highest BCUT2D eigenvalue weighted by molar-refractivity contribution is 7.98. The van der Waals surface area contributed by atoms with Crippen LogP contribution in [0, 0.1) is 0 Å². The number of aliphatic hydroxyl groups is 2. The third-order valence-electron chi connectivity index (χ3n) is 2.19. The lowest BCUT2D eigenvalue weighted by molar-refractivity contribution is 0.0879. The molecule has 0 radical (unpaired) electrons. The fourth-order valence-electron chi connectivity index (χ4n) is 1.22. The lowest BCUT2D eigenvalue weighted by Crippen LogP contribution is -2.40. The predicted molar refractivity (Wildman–Crippen MR) is 68.7 cm³/mol. The van der Waals surface area contributed by atoms with Crippen molar-refractivity contribution in [2.45, 2.75) is 10.9 Å². The van der Waals surface area contributed by atoms with E-state index in [0.717, 1.165) is 4.90 Å². The molecule has 0 bridgehead atoms. The third-order valence-corrected chi connectivity index (χ3v) is 3.25. The van der Waals surface area contributed by atoms with Crippen LogP contribution in [-0.4, -0.2) is 41.6 Å². The maximum Gasteiger partial charge on any atom is 0.253 e. The Bertz CT molecular complexity index is 396. The van der Waals surface area contributed by atoms with Gasteiger partial charge in [0.1, 0.15) is 0 Å². The zero-order valence-electron chi connectivity index (χ0n) is 9.31. The van der Waals surface area contributed by atoms with E-state index >= 15 is 0 Å². The van der Waals surface area contributed by atoms with Gasteiger partial charge in [-0.25, -0.2) is 0 Å². The van der Waals surface area contributed by atoms with E-state index in [1.165, 1.54) is 11.8 Å². The van der Waals surface area contributed by atoms with Crippen LogP contribution in [-0.2, 0) is 0 Å². The van der Waals surface area contributed by atoms with Crippen molar-refractivity contribution in [3.05, 3.63) is 28.8 Å². The molecule has 6 heteroatoms. The van der Waals surface area contributed by atoms with Crippen molar-refractivity contribution in [3.63, 3.8) is 0 Å². The Balaban J connectivity index is 2.87. The monoisotopic (exact) mass is 275 g/mol. The van der Waals surface area contributed by atoms with Gasteiger partial charge < -0.3 is 15.5 Å². The summed E-state index contributed by atoms with van der Waals surface area (Å²) < 4.78 is 0. The first-order valence-corrected chi connectivity index (χ1v) is 6.58. The molecule has 0 aliphatic rings. The molecule has 94 valence electrons. The van der Waals surface area contributed by atoms with Gasteiger partial charge in [0, 0.05) is 4.90 Å². The minimum Gasteiger partial charge on any atom is -0.394 e. The van der Waals surface area contributed by atoms with Gasteiger partial charge >= 0.3 is 0 Å². The number of amides is 1. The first-order valence-electron chi connectivity index (χ1n) is 4.98. The Labute approximate surface area is 109 Å². The molecule has 0 fully saturated rings. The van der Waals surface area contributed by atoms with Gasteiger partial charge in [0.05, 0.1) is 29.8 Å². The molecular formula is C11H14ClNO3S. The van der Waals surface area contributed by atoms with Gasteiger partial charge in [0.25, 0.3) is 5.91 Å². The van der Waals surface area contributed by atoms with Crippen LogP contribution < -0.4 is 5.32 Å². The number of hydrogen-bond acceptors (Lipinski definition) is 4. The van der Waals surface area contributed by atoms with Gasteiger partial charge in [-0.3, -0.25) is 4.79 Å². The van der Waals surface area contributed by atoms with Crippen LogP contribution in [0.1, 0.15) is 10.4 Å². The van der Waals surface area contributed by atoms with E-state index in [-0.39, 0.29) is 13.2 Å². The molecule has 4 nitrogen and oxygen atoms in total. The number of thioether (sulfide) groups is 1. The number of carbonyl (C=O) groups is 1. The van der Waals surface area contributed by atoms with E-state index in [9.17, 15) is 4.79 Å². The van der Waals surface area contributed by atoms with Crippen molar-refractivity contribution in [2.24, 2.45) is 0 Å². The summed E-state index contributed by atoms with van der Waals surface area (Å²) in [5, 5.41) is 20.6. The molecule has 17 heavy (non-hydrogen) atoms. The third kappa shape index (κ3) is 3.89. The molecule has 1 aromatic carbocycles. The molecular weight excluding hydrogens is 262 g/mol. The zero-order chi connectivity index (χ0) is 12.8. The summed E-state index contributed by atoms with van der Waals surface area (Å²) in [6, 6.07) is 4.47. The lowest BCUT2D eigenvalue weighted by atomic mass is 10.2. The summed E-state index contributed by atoms with van der Waals surface area (Å²) in [6.07, 6.45) is 1.90. The number of halogens is 1. The molecule has 0 spiro atoms. The molecule has 1 rings (SSSR count). The molecule has 0 unspecified atom stereocenters. The number of rotatable bonds is 5. The van der Waals surface area contributed by atoms with Crippen molar-refractivity contribution in [3.8, 4) is 0 Å². The topological polar surface area (TPSA) is 69.6 Å². The van der Waals surface area contributed by atoms with Crippen LogP contribution in [0.2, 0.25) is 5.02 Å². The SMILES string of the molecule is CSc1ccc(Cl)c(C(=O)NC(CO)CO)c1. The van der Waals surface area contributed by atoms with E-state index in [4.69, 9.17) is 21.8 Å². The first-order chi connectivity index (χ1) is 8.12. The normalized spacial score (nSPS) is 10.6. The van der Waals surface area contributed by atoms with Gasteiger partial charge in [-0.15, -0.1) is 11.8 Å². The van der Waals surface area contributed by atoms with Crippen LogP contribution in [0.4, 0.5) is 0 Å². The van der Waals surface area contributed by atoms with E-state index in [0.29, 0.717) is 10.6 Å². The quantitative estimate of drug-likeness (QED) is 0.705. The van der Waals surface area contributed by atoms with Crippen molar-refractivity contribution in [1.82, 2.24) is 5.32 Å². The van der Waals surface area contributed by atoms with E-state index in [1.54, 1.807) is 12.1 Å². The highest BCUT2D eigenvalue weighted by Crippen LogP contribution is 2.22. The maximum absolute atomic E-state index is 11.8. The largest absolute Gasteiger partial charge is 0.394 e. The van der Waals surface area contributed by atoms with Gasteiger partial charge in [-0.1, -0.05) is 11.6 Å². The summed E-state index contributed by atoms with van der Waals surface area (Å²) in [5.41, 5.74) is 0.338. The summed E-state index contributed by atoms with van der Waals surface area (Å²) >= 11 is 7.42. The average molecular weight is 276 g/mol. The van der Waals surface area contributed by atoms with Gasteiger partial charge in [-0.05, 0) is 24.5 Å². The summed E-state index contributed by atoms with van der Waals surface area (Å²) in [7, 11) is 0. The minimum atomic E-state index is -0.670. The Morgan fingerprint density at radius 1 is 1.47 bits per heavy atom. The van der Waals surface area contributed by atoms with E-state index in [1.807, 2.05) is 12.3 Å². The van der Waals surface area contributed by atoms with E-state index in [2.05, 4.69) is 5.32 Å².